The maximum atomic E-state index is 12.5. The number of aromatic nitrogens is 1. The molecule has 0 unspecified atom stereocenters. The molecule has 0 fully saturated rings. The molecule has 3 N–H and O–H groups in total. The monoisotopic (exact) mass is 314 g/mol. The summed E-state index contributed by atoms with van der Waals surface area (Å²) in [6.45, 7) is -0.322. The van der Waals surface area contributed by atoms with Crippen molar-refractivity contribution in [3.8, 4) is 0 Å². The Hall–Kier alpha value is -0.340. The lowest BCUT2D eigenvalue weighted by atomic mass is 10.1. The highest BCUT2D eigenvalue weighted by atomic mass is 127. The van der Waals surface area contributed by atoms with Crippen molar-refractivity contribution >= 4 is 22.6 Å². The number of pyridine rings is 1. The Morgan fingerprint density at radius 3 is 2.64 bits per heavy atom. The first kappa shape index (κ1) is 11.7. The van der Waals surface area contributed by atoms with Gasteiger partial charge < -0.3 is 10.8 Å². The van der Waals surface area contributed by atoms with E-state index >= 15 is 0 Å². The van der Waals surface area contributed by atoms with E-state index in [1.54, 1.807) is 0 Å². The van der Waals surface area contributed by atoms with E-state index in [-0.39, 0.29) is 17.7 Å². The molecule has 14 heavy (non-hydrogen) atoms. The molecule has 0 saturated carbocycles. The Kier molecular flexibility index (Phi) is 4.14. The van der Waals surface area contributed by atoms with Crippen LogP contribution in [0.3, 0.4) is 0 Å². The number of rotatable bonds is 3. The summed E-state index contributed by atoms with van der Waals surface area (Å²) in [7, 11) is 0. The van der Waals surface area contributed by atoms with Crippen LogP contribution in [0.5, 0.6) is 0 Å². The van der Waals surface area contributed by atoms with Gasteiger partial charge in [0.25, 0.3) is 6.43 Å². The van der Waals surface area contributed by atoms with E-state index in [9.17, 15) is 8.78 Å². The first-order valence-corrected chi connectivity index (χ1v) is 4.95. The summed E-state index contributed by atoms with van der Waals surface area (Å²) >= 11 is 1.81. The van der Waals surface area contributed by atoms with E-state index in [1.807, 2.05) is 22.6 Å². The van der Waals surface area contributed by atoms with Crippen LogP contribution in [-0.4, -0.2) is 10.1 Å². The van der Waals surface area contributed by atoms with Gasteiger partial charge in [0.1, 0.15) is 3.70 Å². The predicted octanol–water partition coefficient (Wildman–Crippen LogP) is 1.57. The minimum absolute atomic E-state index is 0.113. The van der Waals surface area contributed by atoms with Crippen LogP contribution in [0, 0.1) is 3.70 Å². The highest BCUT2D eigenvalue weighted by molar-refractivity contribution is 14.1. The van der Waals surface area contributed by atoms with Crippen molar-refractivity contribution in [2.24, 2.45) is 5.73 Å². The Morgan fingerprint density at radius 2 is 2.21 bits per heavy atom. The molecule has 0 saturated heterocycles. The summed E-state index contributed by atoms with van der Waals surface area (Å²) in [5.74, 6) is 0. The Labute approximate surface area is 93.5 Å². The lowest BCUT2D eigenvalue weighted by Crippen LogP contribution is -2.07. The highest BCUT2D eigenvalue weighted by Gasteiger charge is 2.16. The van der Waals surface area contributed by atoms with Gasteiger partial charge in [0, 0.05) is 17.7 Å². The van der Waals surface area contributed by atoms with E-state index < -0.39 is 13.0 Å². The molecule has 6 heteroatoms. The van der Waals surface area contributed by atoms with Gasteiger partial charge >= 0.3 is 0 Å². The third-order valence-electron chi connectivity index (χ3n) is 1.76. The molecule has 0 aliphatic carbocycles. The molecular weight excluding hydrogens is 305 g/mol. The molecule has 0 aliphatic rings. The lowest BCUT2D eigenvalue weighted by molar-refractivity contribution is 0.146. The summed E-state index contributed by atoms with van der Waals surface area (Å²) in [5, 5.41) is 8.90. The number of nitrogens with two attached hydrogens (primary N) is 1. The van der Waals surface area contributed by atoms with Gasteiger partial charge in [-0.2, -0.15) is 0 Å². The van der Waals surface area contributed by atoms with Crippen molar-refractivity contribution < 1.29 is 13.9 Å². The van der Waals surface area contributed by atoms with Gasteiger partial charge in [-0.25, -0.2) is 13.8 Å². The Morgan fingerprint density at radius 1 is 1.57 bits per heavy atom. The third kappa shape index (κ3) is 2.37. The first-order chi connectivity index (χ1) is 6.60. The molecule has 1 aromatic rings. The molecule has 3 nitrogen and oxygen atoms in total. The summed E-state index contributed by atoms with van der Waals surface area (Å²) in [6, 6.07) is 1.23. The average Bonchev–Trinajstić information content (AvgIpc) is 2.16. The number of aliphatic hydroxyl groups is 1. The van der Waals surface area contributed by atoms with Gasteiger partial charge in [0.15, 0.2) is 0 Å². The minimum atomic E-state index is -2.61. The molecule has 1 heterocycles. The SMILES string of the molecule is NCc1cc(C(F)F)c(CO)c(I)n1. The van der Waals surface area contributed by atoms with Crippen LogP contribution < -0.4 is 5.73 Å². The second-order valence-electron chi connectivity index (χ2n) is 2.64. The minimum Gasteiger partial charge on any atom is -0.392 e. The largest absolute Gasteiger partial charge is 0.392 e. The van der Waals surface area contributed by atoms with Gasteiger partial charge in [-0.05, 0) is 28.7 Å². The van der Waals surface area contributed by atoms with Crippen LogP contribution in [0.1, 0.15) is 23.2 Å². The number of hydrogen-bond acceptors (Lipinski definition) is 3. The fourth-order valence-corrected chi connectivity index (χ4v) is 1.86. The summed E-state index contributed by atoms with van der Waals surface area (Å²) in [5.41, 5.74) is 5.70. The smallest absolute Gasteiger partial charge is 0.264 e. The van der Waals surface area contributed by atoms with Crippen LogP contribution in [0.25, 0.3) is 0 Å². The number of nitrogens with zero attached hydrogens (tertiary/aromatic N) is 1. The number of alkyl halides is 2. The van der Waals surface area contributed by atoms with Crippen LogP contribution in [0.15, 0.2) is 6.07 Å². The lowest BCUT2D eigenvalue weighted by Gasteiger charge is -2.10. The van der Waals surface area contributed by atoms with Gasteiger partial charge in [-0.15, -0.1) is 0 Å². The van der Waals surface area contributed by atoms with E-state index in [0.29, 0.717) is 9.39 Å². The second kappa shape index (κ2) is 4.94. The average molecular weight is 314 g/mol. The molecule has 78 valence electrons. The fraction of sp³-hybridized carbons (Fsp3) is 0.375. The molecule has 0 spiro atoms. The van der Waals surface area contributed by atoms with E-state index in [0.717, 1.165) is 0 Å². The summed E-state index contributed by atoms with van der Waals surface area (Å²) in [6.07, 6.45) is -2.61. The number of hydrogen-bond donors (Lipinski definition) is 2. The molecular formula is C8H9F2IN2O. The van der Waals surface area contributed by atoms with E-state index in [1.165, 1.54) is 6.07 Å². The molecule has 1 rings (SSSR count). The zero-order chi connectivity index (χ0) is 10.7. The quantitative estimate of drug-likeness (QED) is 0.658. The Bertz CT molecular complexity index is 333. The maximum Gasteiger partial charge on any atom is 0.264 e. The van der Waals surface area contributed by atoms with Crippen molar-refractivity contribution in [3.63, 3.8) is 0 Å². The van der Waals surface area contributed by atoms with E-state index in [2.05, 4.69) is 4.98 Å². The predicted molar refractivity (Wildman–Crippen MR) is 55.7 cm³/mol. The van der Waals surface area contributed by atoms with Crippen molar-refractivity contribution in [2.75, 3.05) is 0 Å². The number of aliphatic hydroxyl groups excluding tert-OH is 1. The molecule has 0 amide bonds. The van der Waals surface area contributed by atoms with Crippen molar-refractivity contribution in [3.05, 3.63) is 26.6 Å². The molecule has 0 aliphatic heterocycles. The standard InChI is InChI=1S/C8H9F2IN2O/c9-7(10)5-1-4(2-12)13-8(11)6(5)3-14/h1,7,14H,2-3,12H2. The maximum absolute atomic E-state index is 12.5. The fourth-order valence-electron chi connectivity index (χ4n) is 1.07. The first-order valence-electron chi connectivity index (χ1n) is 3.87. The van der Waals surface area contributed by atoms with Crippen molar-refractivity contribution in [2.45, 2.75) is 19.6 Å². The molecule has 0 radical (unpaired) electrons. The normalized spacial score (nSPS) is 11.0. The zero-order valence-corrected chi connectivity index (χ0v) is 9.33. The van der Waals surface area contributed by atoms with Crippen LogP contribution in [0.2, 0.25) is 0 Å². The van der Waals surface area contributed by atoms with Crippen molar-refractivity contribution in [1.29, 1.82) is 0 Å². The van der Waals surface area contributed by atoms with Gasteiger partial charge in [-0.1, -0.05) is 0 Å². The molecule has 0 atom stereocenters. The molecule has 1 aromatic heterocycles. The molecule has 0 bridgehead atoms. The summed E-state index contributed by atoms with van der Waals surface area (Å²) < 4.78 is 25.4. The number of halogens is 3. The third-order valence-corrected chi connectivity index (χ3v) is 2.66. The van der Waals surface area contributed by atoms with Crippen molar-refractivity contribution in [1.82, 2.24) is 4.98 Å². The second-order valence-corrected chi connectivity index (χ2v) is 3.66. The van der Waals surface area contributed by atoms with Gasteiger partial charge in [-0.3, -0.25) is 0 Å². The van der Waals surface area contributed by atoms with Crippen LogP contribution in [-0.2, 0) is 13.2 Å². The highest BCUT2D eigenvalue weighted by Crippen LogP contribution is 2.26. The Balaban J connectivity index is 3.28. The van der Waals surface area contributed by atoms with Gasteiger partial charge in [0.05, 0.1) is 12.3 Å². The molecule has 0 aromatic carbocycles. The topological polar surface area (TPSA) is 59.1 Å². The van der Waals surface area contributed by atoms with Crippen LogP contribution >= 0.6 is 22.6 Å². The van der Waals surface area contributed by atoms with E-state index in [4.69, 9.17) is 10.8 Å². The van der Waals surface area contributed by atoms with Gasteiger partial charge in [0.2, 0.25) is 0 Å². The zero-order valence-electron chi connectivity index (χ0n) is 7.17. The summed E-state index contributed by atoms with van der Waals surface area (Å²) in [4.78, 5) is 3.97. The van der Waals surface area contributed by atoms with Crippen LogP contribution in [0.4, 0.5) is 8.78 Å².